The van der Waals surface area contributed by atoms with E-state index in [1.54, 1.807) is 0 Å². The second kappa shape index (κ2) is 7.22. The Morgan fingerprint density at radius 3 is 2.48 bits per heavy atom. The quantitative estimate of drug-likeness (QED) is 0.749. The van der Waals surface area contributed by atoms with Gasteiger partial charge in [-0.25, -0.2) is 0 Å². The molecule has 1 aromatic rings. The summed E-state index contributed by atoms with van der Waals surface area (Å²) in [4.78, 5) is 14.8. The van der Waals surface area contributed by atoms with Gasteiger partial charge in [-0.2, -0.15) is 0 Å². The molecule has 1 fully saturated rings. The summed E-state index contributed by atoms with van der Waals surface area (Å²) in [6.07, 6.45) is 5.91. The molecule has 1 aliphatic carbocycles. The van der Waals surface area contributed by atoms with Gasteiger partial charge in [0.15, 0.2) is 5.78 Å². The summed E-state index contributed by atoms with van der Waals surface area (Å²) in [5, 5.41) is 0. The van der Waals surface area contributed by atoms with Gasteiger partial charge in [0.2, 0.25) is 0 Å². The highest BCUT2D eigenvalue weighted by molar-refractivity contribution is 5.96. The van der Waals surface area contributed by atoms with E-state index in [2.05, 4.69) is 38.8 Å². The Labute approximate surface area is 129 Å². The molecule has 0 aromatic heterocycles. The number of carbonyl (C=O) groups excluding carboxylic acids is 1. The maximum atomic E-state index is 12.4. The molecule has 0 saturated heterocycles. The molecule has 2 heteroatoms. The SMILES string of the molecule is Cc1cc(C)cc(C(=O)CCN(C)C2CCCC(C)C2)c1. The van der Waals surface area contributed by atoms with Crippen LogP contribution >= 0.6 is 0 Å². The monoisotopic (exact) mass is 287 g/mol. The van der Waals surface area contributed by atoms with Crippen LogP contribution in [0.15, 0.2) is 18.2 Å². The van der Waals surface area contributed by atoms with Crippen molar-refractivity contribution in [3.8, 4) is 0 Å². The fourth-order valence-corrected chi connectivity index (χ4v) is 3.54. The van der Waals surface area contributed by atoms with Crippen molar-refractivity contribution < 1.29 is 4.79 Å². The Morgan fingerprint density at radius 1 is 1.19 bits per heavy atom. The number of nitrogens with zero attached hydrogens (tertiary/aromatic N) is 1. The highest BCUT2D eigenvalue weighted by Gasteiger charge is 2.22. The van der Waals surface area contributed by atoms with E-state index in [0.717, 1.165) is 18.0 Å². The lowest BCUT2D eigenvalue weighted by Crippen LogP contribution is -2.36. The van der Waals surface area contributed by atoms with Crippen molar-refractivity contribution in [1.82, 2.24) is 4.90 Å². The Balaban J connectivity index is 1.88. The van der Waals surface area contributed by atoms with Crippen molar-refractivity contribution in [3.63, 3.8) is 0 Å². The first-order chi connectivity index (χ1) is 9.95. The standard InChI is InChI=1S/C19H29NO/c1-14-6-5-7-18(13-14)20(4)9-8-19(21)17-11-15(2)10-16(3)12-17/h10-12,14,18H,5-9,13H2,1-4H3. The predicted octanol–water partition coefficient (Wildman–Crippen LogP) is 4.39. The molecule has 0 heterocycles. The molecule has 0 spiro atoms. The largest absolute Gasteiger partial charge is 0.303 e. The van der Waals surface area contributed by atoms with Gasteiger partial charge in [-0.15, -0.1) is 0 Å². The zero-order valence-corrected chi connectivity index (χ0v) is 14.0. The minimum Gasteiger partial charge on any atom is -0.303 e. The molecule has 1 aliphatic rings. The van der Waals surface area contributed by atoms with Crippen LogP contribution in [-0.4, -0.2) is 30.3 Å². The zero-order chi connectivity index (χ0) is 15.4. The molecular weight excluding hydrogens is 258 g/mol. The first kappa shape index (κ1) is 16.2. The fourth-order valence-electron chi connectivity index (χ4n) is 3.54. The summed E-state index contributed by atoms with van der Waals surface area (Å²) in [7, 11) is 2.18. The van der Waals surface area contributed by atoms with Crippen LogP contribution in [0.4, 0.5) is 0 Å². The van der Waals surface area contributed by atoms with Gasteiger partial charge in [0, 0.05) is 24.6 Å². The first-order valence-corrected chi connectivity index (χ1v) is 8.27. The minimum atomic E-state index is 0.275. The average molecular weight is 287 g/mol. The molecule has 0 N–H and O–H groups in total. The number of carbonyl (C=O) groups is 1. The normalized spacial score (nSPS) is 22.5. The number of Topliss-reactive ketones (excluding diaryl/α,β-unsaturated/α-hetero) is 1. The predicted molar refractivity (Wildman–Crippen MR) is 88.9 cm³/mol. The van der Waals surface area contributed by atoms with Crippen LogP contribution in [0.1, 0.15) is 60.5 Å². The lowest BCUT2D eigenvalue weighted by molar-refractivity contribution is 0.0945. The van der Waals surface area contributed by atoms with E-state index in [1.165, 1.54) is 36.8 Å². The molecule has 0 bridgehead atoms. The van der Waals surface area contributed by atoms with Gasteiger partial charge in [-0.3, -0.25) is 4.79 Å². The van der Waals surface area contributed by atoms with Crippen LogP contribution in [0.5, 0.6) is 0 Å². The topological polar surface area (TPSA) is 20.3 Å². The number of hydrogen-bond acceptors (Lipinski definition) is 2. The molecule has 1 aromatic carbocycles. The fraction of sp³-hybridized carbons (Fsp3) is 0.632. The smallest absolute Gasteiger partial charge is 0.164 e. The Kier molecular flexibility index (Phi) is 5.58. The molecule has 2 nitrogen and oxygen atoms in total. The highest BCUT2D eigenvalue weighted by Crippen LogP contribution is 2.26. The third-order valence-electron chi connectivity index (χ3n) is 4.77. The zero-order valence-electron chi connectivity index (χ0n) is 14.0. The maximum Gasteiger partial charge on any atom is 0.164 e. The van der Waals surface area contributed by atoms with Gasteiger partial charge in [-0.1, -0.05) is 37.0 Å². The lowest BCUT2D eigenvalue weighted by atomic mass is 9.86. The molecule has 1 saturated carbocycles. The maximum absolute atomic E-state index is 12.4. The minimum absolute atomic E-state index is 0.275. The summed E-state index contributed by atoms with van der Waals surface area (Å²) in [5.41, 5.74) is 3.22. The second-order valence-electron chi connectivity index (χ2n) is 6.96. The van der Waals surface area contributed by atoms with Crippen molar-refractivity contribution in [2.45, 2.75) is 58.9 Å². The number of rotatable bonds is 5. The van der Waals surface area contributed by atoms with Gasteiger partial charge in [0.05, 0.1) is 0 Å². The van der Waals surface area contributed by atoms with E-state index in [0.29, 0.717) is 12.5 Å². The summed E-state index contributed by atoms with van der Waals surface area (Å²) < 4.78 is 0. The third kappa shape index (κ3) is 4.67. The molecule has 0 amide bonds. The van der Waals surface area contributed by atoms with E-state index >= 15 is 0 Å². The number of ketones is 1. The summed E-state index contributed by atoms with van der Waals surface area (Å²) in [5.74, 6) is 1.11. The van der Waals surface area contributed by atoms with Crippen molar-refractivity contribution >= 4 is 5.78 Å². The van der Waals surface area contributed by atoms with E-state index in [4.69, 9.17) is 0 Å². The molecule has 0 radical (unpaired) electrons. The Hall–Kier alpha value is -1.15. The molecule has 21 heavy (non-hydrogen) atoms. The first-order valence-electron chi connectivity index (χ1n) is 8.27. The van der Waals surface area contributed by atoms with Crippen molar-refractivity contribution in [2.24, 2.45) is 5.92 Å². The molecule has 2 rings (SSSR count). The van der Waals surface area contributed by atoms with Crippen molar-refractivity contribution in [3.05, 3.63) is 34.9 Å². The summed E-state index contributed by atoms with van der Waals surface area (Å²) in [6.45, 7) is 7.34. The van der Waals surface area contributed by atoms with Gasteiger partial charge >= 0.3 is 0 Å². The highest BCUT2D eigenvalue weighted by atomic mass is 16.1. The number of benzene rings is 1. The lowest BCUT2D eigenvalue weighted by Gasteiger charge is -2.34. The van der Waals surface area contributed by atoms with E-state index in [1.807, 2.05) is 12.1 Å². The Morgan fingerprint density at radius 2 is 1.86 bits per heavy atom. The molecule has 2 atom stereocenters. The summed E-state index contributed by atoms with van der Waals surface area (Å²) >= 11 is 0. The van der Waals surface area contributed by atoms with Crippen LogP contribution in [0.25, 0.3) is 0 Å². The van der Waals surface area contributed by atoms with Crippen LogP contribution in [0, 0.1) is 19.8 Å². The molecule has 116 valence electrons. The third-order valence-corrected chi connectivity index (χ3v) is 4.77. The molecule has 0 aliphatic heterocycles. The van der Waals surface area contributed by atoms with Gasteiger partial charge < -0.3 is 4.90 Å². The van der Waals surface area contributed by atoms with E-state index in [-0.39, 0.29) is 5.78 Å². The number of hydrogen-bond donors (Lipinski definition) is 0. The van der Waals surface area contributed by atoms with Crippen LogP contribution < -0.4 is 0 Å². The van der Waals surface area contributed by atoms with E-state index < -0.39 is 0 Å². The Bertz CT molecular complexity index is 474. The van der Waals surface area contributed by atoms with Crippen LogP contribution in [0.3, 0.4) is 0 Å². The number of aryl methyl sites for hydroxylation is 2. The van der Waals surface area contributed by atoms with Gasteiger partial charge in [-0.05, 0) is 51.8 Å². The van der Waals surface area contributed by atoms with Gasteiger partial charge in [0.1, 0.15) is 0 Å². The van der Waals surface area contributed by atoms with E-state index in [9.17, 15) is 4.79 Å². The van der Waals surface area contributed by atoms with Crippen LogP contribution in [0.2, 0.25) is 0 Å². The molecular formula is C19H29NO. The van der Waals surface area contributed by atoms with Crippen LogP contribution in [-0.2, 0) is 0 Å². The van der Waals surface area contributed by atoms with Crippen molar-refractivity contribution in [1.29, 1.82) is 0 Å². The van der Waals surface area contributed by atoms with Gasteiger partial charge in [0.25, 0.3) is 0 Å². The van der Waals surface area contributed by atoms with Crippen molar-refractivity contribution in [2.75, 3.05) is 13.6 Å². The molecule has 2 unspecified atom stereocenters. The summed E-state index contributed by atoms with van der Waals surface area (Å²) in [6, 6.07) is 6.81. The average Bonchev–Trinajstić information content (AvgIpc) is 2.43. The second-order valence-corrected chi connectivity index (χ2v) is 6.96.